The monoisotopic (exact) mass is 325 g/mol. The second kappa shape index (κ2) is 6.65. The van der Waals surface area contributed by atoms with Gasteiger partial charge in [-0.05, 0) is 35.9 Å². The minimum atomic E-state index is 0.544. The van der Waals surface area contributed by atoms with E-state index in [-0.39, 0.29) is 0 Å². The summed E-state index contributed by atoms with van der Waals surface area (Å²) >= 11 is 0. The Labute approximate surface area is 147 Å². The Hall–Kier alpha value is -3.33. The summed E-state index contributed by atoms with van der Waals surface area (Å²) < 4.78 is 0. The fourth-order valence-corrected chi connectivity index (χ4v) is 3.15. The fraction of sp³-hybridized carbons (Fsp3) is 0.0455. The highest BCUT2D eigenvalue weighted by molar-refractivity contribution is 6.04. The Balaban J connectivity index is 1.71. The molecule has 0 unspecified atom stereocenters. The number of rotatable bonds is 4. The van der Waals surface area contributed by atoms with E-state index in [2.05, 4.69) is 17.1 Å². The van der Waals surface area contributed by atoms with Crippen molar-refractivity contribution in [1.29, 1.82) is 5.41 Å². The Morgan fingerprint density at radius 1 is 0.760 bits per heavy atom. The van der Waals surface area contributed by atoms with Crippen LogP contribution in [0.4, 0.5) is 11.4 Å². The number of aromatic amines is 1. The van der Waals surface area contributed by atoms with Gasteiger partial charge in [-0.15, -0.1) is 0 Å². The van der Waals surface area contributed by atoms with E-state index in [1.54, 1.807) is 0 Å². The molecule has 0 atom stereocenters. The predicted octanol–water partition coefficient (Wildman–Crippen LogP) is 5.53. The minimum absolute atomic E-state index is 0.544. The summed E-state index contributed by atoms with van der Waals surface area (Å²) in [4.78, 5) is 5.30. The van der Waals surface area contributed by atoms with Gasteiger partial charge in [-0.25, -0.2) is 0 Å². The largest absolute Gasteiger partial charge is 0.361 e. The number of fused-ring (bicyclic) bond motifs is 1. The molecule has 3 aromatic carbocycles. The van der Waals surface area contributed by atoms with Crippen molar-refractivity contribution in [2.75, 3.05) is 4.90 Å². The van der Waals surface area contributed by atoms with Gasteiger partial charge in [0.05, 0.1) is 0 Å². The number of benzene rings is 3. The number of para-hydroxylation sites is 3. The molecule has 0 saturated heterocycles. The van der Waals surface area contributed by atoms with Crippen LogP contribution in [0.25, 0.3) is 10.9 Å². The Morgan fingerprint density at radius 2 is 1.32 bits per heavy atom. The molecule has 0 aliphatic carbocycles. The van der Waals surface area contributed by atoms with E-state index in [9.17, 15) is 0 Å². The number of amidine groups is 1. The summed E-state index contributed by atoms with van der Waals surface area (Å²) in [7, 11) is 0. The second-order valence-corrected chi connectivity index (χ2v) is 5.99. The van der Waals surface area contributed by atoms with Gasteiger partial charge < -0.3 is 4.98 Å². The smallest absolute Gasteiger partial charge is 0.109 e. The molecule has 2 N–H and O–H groups in total. The average Bonchev–Trinajstić information content (AvgIpc) is 3.07. The highest BCUT2D eigenvalue weighted by Gasteiger charge is 2.16. The molecule has 0 amide bonds. The number of aromatic nitrogens is 1. The van der Waals surface area contributed by atoms with Gasteiger partial charge in [-0.2, -0.15) is 0 Å². The molecule has 4 rings (SSSR count). The minimum Gasteiger partial charge on any atom is -0.361 e. The number of hydrogen-bond donors (Lipinski definition) is 2. The molecule has 0 bridgehead atoms. The van der Waals surface area contributed by atoms with Gasteiger partial charge in [0.15, 0.2) is 0 Å². The van der Waals surface area contributed by atoms with Crippen LogP contribution < -0.4 is 4.90 Å². The van der Waals surface area contributed by atoms with Gasteiger partial charge in [0.25, 0.3) is 0 Å². The van der Waals surface area contributed by atoms with Crippen molar-refractivity contribution in [3.05, 3.63) is 96.7 Å². The quantitative estimate of drug-likeness (QED) is 0.376. The van der Waals surface area contributed by atoms with E-state index in [0.29, 0.717) is 12.3 Å². The lowest BCUT2D eigenvalue weighted by Crippen LogP contribution is -2.26. The summed E-state index contributed by atoms with van der Waals surface area (Å²) in [5.74, 6) is 0.544. The van der Waals surface area contributed by atoms with E-state index < -0.39 is 0 Å². The zero-order valence-electron chi connectivity index (χ0n) is 13.8. The zero-order valence-corrected chi connectivity index (χ0v) is 13.8. The van der Waals surface area contributed by atoms with Gasteiger partial charge in [0.1, 0.15) is 5.84 Å². The second-order valence-electron chi connectivity index (χ2n) is 5.99. The van der Waals surface area contributed by atoms with Crippen LogP contribution >= 0.6 is 0 Å². The van der Waals surface area contributed by atoms with Crippen LogP contribution in [0, 0.1) is 5.41 Å². The van der Waals surface area contributed by atoms with Crippen LogP contribution in [0.3, 0.4) is 0 Å². The number of nitrogens with one attached hydrogen (secondary N) is 2. The van der Waals surface area contributed by atoms with Crippen molar-refractivity contribution < 1.29 is 0 Å². The molecule has 122 valence electrons. The topological polar surface area (TPSA) is 42.9 Å². The third kappa shape index (κ3) is 3.04. The van der Waals surface area contributed by atoms with Crippen LogP contribution in [-0.4, -0.2) is 10.8 Å². The lowest BCUT2D eigenvalue weighted by molar-refractivity contribution is 1.19. The highest BCUT2D eigenvalue weighted by Crippen LogP contribution is 2.27. The molecule has 25 heavy (non-hydrogen) atoms. The van der Waals surface area contributed by atoms with Crippen LogP contribution in [0.5, 0.6) is 0 Å². The number of anilines is 2. The van der Waals surface area contributed by atoms with Gasteiger partial charge in [0.2, 0.25) is 0 Å². The van der Waals surface area contributed by atoms with E-state index in [1.165, 1.54) is 5.39 Å². The van der Waals surface area contributed by atoms with E-state index in [1.807, 2.05) is 83.9 Å². The molecule has 0 fully saturated rings. The Morgan fingerprint density at radius 3 is 1.96 bits per heavy atom. The normalized spacial score (nSPS) is 10.7. The molecular weight excluding hydrogens is 306 g/mol. The molecule has 0 aliphatic rings. The maximum Gasteiger partial charge on any atom is 0.109 e. The van der Waals surface area contributed by atoms with Crippen molar-refractivity contribution >= 4 is 28.1 Å². The summed E-state index contributed by atoms with van der Waals surface area (Å²) in [6, 6.07) is 28.4. The first-order valence-electron chi connectivity index (χ1n) is 8.35. The summed E-state index contributed by atoms with van der Waals surface area (Å²) in [6.45, 7) is 0. The van der Waals surface area contributed by atoms with E-state index in [0.717, 1.165) is 22.5 Å². The zero-order chi connectivity index (χ0) is 17.1. The molecular formula is C22H19N3. The van der Waals surface area contributed by atoms with Crippen LogP contribution in [0.1, 0.15) is 5.56 Å². The van der Waals surface area contributed by atoms with Crippen molar-refractivity contribution in [1.82, 2.24) is 4.98 Å². The summed E-state index contributed by atoms with van der Waals surface area (Å²) in [5, 5.41) is 9.96. The average molecular weight is 325 g/mol. The lowest BCUT2D eigenvalue weighted by atomic mass is 10.1. The Kier molecular flexibility index (Phi) is 4.05. The molecule has 4 aromatic rings. The van der Waals surface area contributed by atoms with Gasteiger partial charge in [-0.3, -0.25) is 10.3 Å². The SMILES string of the molecule is N=C(Cc1c[nH]c2ccccc12)N(c1ccccc1)c1ccccc1. The first-order valence-corrected chi connectivity index (χ1v) is 8.35. The lowest BCUT2D eigenvalue weighted by Gasteiger charge is -2.25. The molecule has 1 heterocycles. The summed E-state index contributed by atoms with van der Waals surface area (Å²) in [6.07, 6.45) is 2.57. The van der Waals surface area contributed by atoms with Crippen molar-refractivity contribution in [3.8, 4) is 0 Å². The predicted molar refractivity (Wildman–Crippen MR) is 105 cm³/mol. The first kappa shape index (κ1) is 15.2. The molecule has 1 aromatic heterocycles. The Bertz CT molecular complexity index is 948. The molecule has 0 saturated carbocycles. The number of H-pyrrole nitrogens is 1. The molecule has 0 aliphatic heterocycles. The van der Waals surface area contributed by atoms with E-state index in [4.69, 9.17) is 5.41 Å². The van der Waals surface area contributed by atoms with Gasteiger partial charge in [0, 0.05) is 34.9 Å². The molecule has 0 radical (unpaired) electrons. The van der Waals surface area contributed by atoms with E-state index >= 15 is 0 Å². The highest BCUT2D eigenvalue weighted by atomic mass is 15.2. The number of nitrogens with zero attached hydrogens (tertiary/aromatic N) is 1. The van der Waals surface area contributed by atoms with Crippen LogP contribution in [0.15, 0.2) is 91.1 Å². The maximum atomic E-state index is 8.78. The van der Waals surface area contributed by atoms with Gasteiger partial charge >= 0.3 is 0 Å². The third-order valence-electron chi connectivity index (χ3n) is 4.33. The van der Waals surface area contributed by atoms with Gasteiger partial charge in [-0.1, -0.05) is 54.6 Å². The number of hydrogen-bond acceptors (Lipinski definition) is 1. The maximum absolute atomic E-state index is 8.78. The third-order valence-corrected chi connectivity index (χ3v) is 4.33. The molecule has 3 nitrogen and oxygen atoms in total. The van der Waals surface area contributed by atoms with Crippen molar-refractivity contribution in [2.45, 2.75) is 6.42 Å². The van der Waals surface area contributed by atoms with Crippen molar-refractivity contribution in [2.24, 2.45) is 0 Å². The molecule has 0 spiro atoms. The van der Waals surface area contributed by atoms with Crippen molar-refractivity contribution in [3.63, 3.8) is 0 Å². The standard InChI is InChI=1S/C22H19N3/c23-22(15-17-16-24-21-14-8-7-13-20(17)21)25(18-9-3-1-4-10-18)19-11-5-2-6-12-19/h1-14,16,23-24H,15H2. The van der Waals surface area contributed by atoms with Crippen LogP contribution in [0.2, 0.25) is 0 Å². The molecule has 3 heteroatoms. The van der Waals surface area contributed by atoms with Crippen LogP contribution in [-0.2, 0) is 6.42 Å². The fourth-order valence-electron chi connectivity index (χ4n) is 3.15. The first-order chi connectivity index (χ1) is 12.3. The summed E-state index contributed by atoms with van der Waals surface area (Å²) in [5.41, 5.74) is 4.24.